The van der Waals surface area contributed by atoms with E-state index in [9.17, 15) is 19.5 Å². The van der Waals surface area contributed by atoms with Gasteiger partial charge in [-0.15, -0.1) is 0 Å². The molecular formula is C39H44N4O6. The Morgan fingerprint density at radius 2 is 1.45 bits per heavy atom. The summed E-state index contributed by atoms with van der Waals surface area (Å²) >= 11 is 0. The van der Waals surface area contributed by atoms with Gasteiger partial charge in [0.05, 0.1) is 58.7 Å². The van der Waals surface area contributed by atoms with Crippen LogP contribution in [-0.4, -0.2) is 58.2 Å². The third-order valence-electron chi connectivity index (χ3n) is 9.01. The molecule has 0 aliphatic carbocycles. The van der Waals surface area contributed by atoms with E-state index in [-0.39, 0.29) is 36.8 Å². The fraction of sp³-hybridized carbons (Fsp3) is 0.385. The van der Waals surface area contributed by atoms with Crippen molar-refractivity contribution in [3.8, 4) is 0 Å². The van der Waals surface area contributed by atoms with Gasteiger partial charge in [0, 0.05) is 17.7 Å². The van der Waals surface area contributed by atoms with Crippen molar-refractivity contribution in [2.24, 2.45) is 15.0 Å². The molecular weight excluding hydrogens is 620 g/mol. The maximum absolute atomic E-state index is 13.3. The molecule has 0 aromatic carbocycles. The van der Waals surface area contributed by atoms with Crippen LogP contribution in [0.3, 0.4) is 0 Å². The average molecular weight is 665 g/mol. The number of carbonyl (C=O) groups excluding carboxylic acids is 3. The second-order valence-corrected chi connectivity index (χ2v) is 12.5. The molecule has 4 aliphatic rings. The Kier molecular flexibility index (Phi) is 10.5. The van der Waals surface area contributed by atoms with Crippen molar-refractivity contribution in [3.63, 3.8) is 0 Å². The molecule has 0 radical (unpaired) electrons. The van der Waals surface area contributed by atoms with Gasteiger partial charge in [0.2, 0.25) is 5.76 Å². The molecule has 0 saturated carbocycles. The van der Waals surface area contributed by atoms with Crippen LogP contribution in [0.2, 0.25) is 0 Å². The SMILES string of the molecule is CCCOC(=O)CCC1=C(C)C2=CC3=NC(=CC4=NC(=Cc5[nH]c(cc5C)/C(=C(/O)C(=O)OCCC)C1=N2)C(CC)=C4C)C(C(C)=O)=C3C. The fourth-order valence-electron chi connectivity index (χ4n) is 6.37. The number of hydrogen-bond acceptors (Lipinski definition) is 9. The third kappa shape index (κ3) is 6.90. The number of aliphatic hydroxyl groups is 1. The predicted octanol–water partition coefficient (Wildman–Crippen LogP) is 7.71. The van der Waals surface area contributed by atoms with E-state index in [1.165, 1.54) is 6.92 Å². The molecule has 2 N–H and O–H groups in total. The van der Waals surface area contributed by atoms with Gasteiger partial charge in [0.15, 0.2) is 5.78 Å². The molecule has 4 aliphatic heterocycles. The second kappa shape index (κ2) is 14.6. The molecule has 1 aromatic heterocycles. The Balaban J connectivity index is 1.82. The molecule has 1 aromatic rings. The Bertz CT molecular complexity index is 1970. The van der Waals surface area contributed by atoms with Crippen LogP contribution in [0.4, 0.5) is 0 Å². The molecule has 8 bridgehead atoms. The number of allylic oxidation sites excluding steroid dienone is 9. The van der Waals surface area contributed by atoms with Gasteiger partial charge in [-0.05, 0) is 118 Å². The number of aromatic nitrogens is 1. The van der Waals surface area contributed by atoms with Gasteiger partial charge in [0.25, 0.3) is 0 Å². The Labute approximate surface area is 287 Å². The van der Waals surface area contributed by atoms with Crippen molar-refractivity contribution in [3.05, 3.63) is 91.5 Å². The molecule has 0 saturated heterocycles. The van der Waals surface area contributed by atoms with Gasteiger partial charge >= 0.3 is 11.9 Å². The minimum atomic E-state index is -0.880. The summed E-state index contributed by atoms with van der Waals surface area (Å²) in [5, 5.41) is 11.6. The lowest BCUT2D eigenvalue weighted by Gasteiger charge is -2.13. The predicted molar refractivity (Wildman–Crippen MR) is 192 cm³/mol. The zero-order valence-electron chi connectivity index (χ0n) is 29.6. The summed E-state index contributed by atoms with van der Waals surface area (Å²) in [6.07, 6.45) is 7.95. The number of nitrogens with one attached hydrogen (secondary N) is 1. The summed E-state index contributed by atoms with van der Waals surface area (Å²) in [5.74, 6) is -1.95. The molecule has 0 spiro atoms. The number of H-pyrrole nitrogens is 1. The number of hydrogen-bond donors (Lipinski definition) is 2. The number of Topliss-reactive ketones (excluding diaryl/α,β-unsaturated/α-hetero) is 1. The zero-order chi connectivity index (χ0) is 35.6. The van der Waals surface area contributed by atoms with E-state index < -0.39 is 11.7 Å². The van der Waals surface area contributed by atoms with Crippen molar-refractivity contribution in [1.82, 2.24) is 4.98 Å². The Morgan fingerprint density at radius 1 is 0.796 bits per heavy atom. The number of aryl methyl sites for hydroxylation is 1. The van der Waals surface area contributed by atoms with Gasteiger partial charge in [-0.1, -0.05) is 20.8 Å². The topological polar surface area (TPSA) is 143 Å². The third-order valence-corrected chi connectivity index (χ3v) is 9.01. The summed E-state index contributed by atoms with van der Waals surface area (Å²) in [5.41, 5.74) is 10.3. The van der Waals surface area contributed by atoms with Crippen molar-refractivity contribution >= 4 is 46.5 Å². The van der Waals surface area contributed by atoms with Crippen LogP contribution in [-0.2, 0) is 23.9 Å². The van der Waals surface area contributed by atoms with Crippen LogP contribution in [0.15, 0.2) is 89.5 Å². The molecule has 5 heterocycles. The van der Waals surface area contributed by atoms with Crippen LogP contribution in [0.5, 0.6) is 0 Å². The maximum atomic E-state index is 13.3. The number of nitrogens with zero attached hydrogens (tertiary/aromatic N) is 3. The molecule has 49 heavy (non-hydrogen) atoms. The quantitative estimate of drug-likeness (QED) is 0.149. The van der Waals surface area contributed by atoms with E-state index in [0.717, 1.165) is 45.8 Å². The van der Waals surface area contributed by atoms with Gasteiger partial charge < -0.3 is 19.6 Å². The lowest BCUT2D eigenvalue weighted by atomic mass is 9.93. The highest BCUT2D eigenvalue weighted by Gasteiger charge is 2.33. The summed E-state index contributed by atoms with van der Waals surface area (Å²) < 4.78 is 10.7. The Morgan fingerprint density at radius 3 is 2.12 bits per heavy atom. The van der Waals surface area contributed by atoms with Crippen molar-refractivity contribution in [1.29, 1.82) is 0 Å². The van der Waals surface area contributed by atoms with E-state index in [2.05, 4.69) is 11.9 Å². The number of ether oxygens (including phenoxy) is 2. The van der Waals surface area contributed by atoms with Gasteiger partial charge in [0.1, 0.15) is 0 Å². The second-order valence-electron chi connectivity index (χ2n) is 12.5. The average Bonchev–Trinajstić information content (AvgIpc) is 3.76. The molecule has 0 fully saturated rings. The van der Waals surface area contributed by atoms with Crippen molar-refractivity contribution in [2.45, 2.75) is 87.5 Å². The van der Waals surface area contributed by atoms with E-state index >= 15 is 0 Å². The number of aliphatic hydroxyl groups excluding tert-OH is 1. The highest BCUT2D eigenvalue weighted by atomic mass is 16.5. The summed E-state index contributed by atoms with van der Waals surface area (Å²) in [7, 11) is 0. The van der Waals surface area contributed by atoms with Crippen molar-refractivity contribution in [2.75, 3.05) is 13.2 Å². The van der Waals surface area contributed by atoms with Crippen LogP contribution in [0, 0.1) is 6.92 Å². The fourth-order valence-corrected chi connectivity index (χ4v) is 6.37. The normalized spacial score (nSPS) is 18.2. The number of rotatable bonds is 10. The minimum absolute atomic E-state index is 0.0707. The van der Waals surface area contributed by atoms with Gasteiger partial charge in [-0.25, -0.2) is 19.8 Å². The maximum Gasteiger partial charge on any atom is 0.374 e. The minimum Gasteiger partial charge on any atom is -0.501 e. The lowest BCUT2D eigenvalue weighted by molar-refractivity contribution is -0.143. The molecule has 10 heteroatoms. The van der Waals surface area contributed by atoms with Crippen LogP contribution >= 0.6 is 0 Å². The zero-order valence-corrected chi connectivity index (χ0v) is 29.6. The number of esters is 2. The van der Waals surface area contributed by atoms with E-state index in [0.29, 0.717) is 64.7 Å². The summed E-state index contributed by atoms with van der Waals surface area (Å²) in [6.45, 7) is 15.5. The molecule has 256 valence electrons. The summed E-state index contributed by atoms with van der Waals surface area (Å²) in [4.78, 5) is 57.2. The van der Waals surface area contributed by atoms with Crippen LogP contribution in [0.25, 0.3) is 11.6 Å². The number of fused-ring (bicyclic) bond motifs is 5. The first-order valence-electron chi connectivity index (χ1n) is 16.9. The Hall–Kier alpha value is -5.12. The molecule has 0 atom stereocenters. The van der Waals surface area contributed by atoms with Crippen molar-refractivity contribution < 1.29 is 29.0 Å². The number of aromatic amines is 1. The largest absolute Gasteiger partial charge is 0.501 e. The molecule has 0 unspecified atom stereocenters. The van der Waals surface area contributed by atoms with Gasteiger partial charge in [-0.3, -0.25) is 9.59 Å². The first-order valence-corrected chi connectivity index (χ1v) is 16.9. The monoisotopic (exact) mass is 664 g/mol. The number of carbonyl (C=O) groups is 3. The van der Waals surface area contributed by atoms with Crippen LogP contribution in [0.1, 0.15) is 97.5 Å². The van der Waals surface area contributed by atoms with E-state index in [1.807, 2.05) is 59.8 Å². The standard InChI is InChI=1S/C39H44N4O6/c1-9-14-48-34(45)13-12-26-22(6)29-18-30-23(7)35(24(8)44)33(42-30)19-28-21(5)25(11-3)31(41-28)17-27-20(4)16-32(40-27)36(37(26)43-29)38(46)39(47)49-15-10-2/h16-19,40,46H,9-15H2,1-8H3/b29-18?,31-17?,33-19?,38-36-. The first kappa shape index (κ1) is 35.2. The lowest BCUT2D eigenvalue weighted by Crippen LogP contribution is -2.16. The number of aliphatic imine (C=N–C) groups is 3. The highest BCUT2D eigenvalue weighted by Crippen LogP contribution is 2.39. The molecule has 5 rings (SSSR count). The first-order chi connectivity index (χ1) is 23.4. The van der Waals surface area contributed by atoms with E-state index in [1.54, 1.807) is 6.08 Å². The van der Waals surface area contributed by atoms with Gasteiger partial charge in [-0.2, -0.15) is 0 Å². The van der Waals surface area contributed by atoms with Crippen LogP contribution < -0.4 is 0 Å². The smallest absolute Gasteiger partial charge is 0.374 e. The van der Waals surface area contributed by atoms with E-state index in [4.69, 9.17) is 24.5 Å². The molecule has 10 nitrogen and oxygen atoms in total. The molecule has 0 amide bonds. The summed E-state index contributed by atoms with van der Waals surface area (Å²) in [6, 6.07) is 1.86. The highest BCUT2D eigenvalue weighted by molar-refractivity contribution is 6.36. The number of ketones is 1.